The number of benzene rings is 1. The molecule has 0 aliphatic rings. The zero-order valence-corrected chi connectivity index (χ0v) is 11.5. The smallest absolute Gasteiger partial charge is 0.244 e. The number of hydrogen-bond acceptors (Lipinski definition) is 3. The third kappa shape index (κ3) is 4.10. The molecule has 4 nitrogen and oxygen atoms in total. The van der Waals surface area contributed by atoms with Crippen molar-refractivity contribution < 1.29 is 12.6 Å². The Labute approximate surface area is 102 Å². The highest BCUT2D eigenvalue weighted by Gasteiger charge is 2.11. The second-order valence-electron chi connectivity index (χ2n) is 2.75. The lowest BCUT2D eigenvalue weighted by molar-refractivity contribution is 0.611. The summed E-state index contributed by atoms with van der Waals surface area (Å²) in [6.45, 7) is 0. The van der Waals surface area contributed by atoms with Gasteiger partial charge >= 0.3 is 9.24 Å². The van der Waals surface area contributed by atoms with Gasteiger partial charge in [-0.2, -0.15) is 8.42 Å². The number of hydrogen-bond donors (Lipinski definition) is 0. The fourth-order valence-electron chi connectivity index (χ4n) is 0.916. The number of rotatable bonds is 2. The van der Waals surface area contributed by atoms with E-state index in [9.17, 15) is 12.6 Å². The van der Waals surface area contributed by atoms with Crippen molar-refractivity contribution in [3.05, 3.63) is 28.7 Å². The Bertz CT molecular complexity index is 590. The third-order valence-electron chi connectivity index (χ3n) is 1.46. The van der Waals surface area contributed by atoms with Gasteiger partial charge in [-0.25, -0.2) is 4.21 Å². The van der Waals surface area contributed by atoms with Gasteiger partial charge in [0, 0.05) is 26.3 Å². The van der Waals surface area contributed by atoms with Crippen molar-refractivity contribution in [2.75, 3.05) is 6.26 Å². The van der Waals surface area contributed by atoms with Gasteiger partial charge in [0.2, 0.25) is 0 Å². The fourth-order valence-corrected chi connectivity index (χ4v) is 4.81. The molecule has 0 aliphatic heterocycles. The maximum absolute atomic E-state index is 11.9. The zero-order chi connectivity index (χ0) is 11.7. The average molecular weight is 333 g/mol. The summed E-state index contributed by atoms with van der Waals surface area (Å²) < 4.78 is 37.1. The lowest BCUT2D eigenvalue weighted by atomic mass is 10.4. The molecule has 84 valence electrons. The average Bonchev–Trinajstić information content (AvgIpc) is 1.99. The molecule has 15 heavy (non-hydrogen) atoms. The Kier molecular flexibility index (Phi) is 3.80. The SMILES string of the molecule is CS(=O)(=NS(=O)(=O)Cl)c1cccc(Br)c1. The Morgan fingerprint density at radius 1 is 1.33 bits per heavy atom. The summed E-state index contributed by atoms with van der Waals surface area (Å²) >= 11 is 3.18. The molecule has 1 atom stereocenters. The van der Waals surface area contributed by atoms with Crippen LogP contribution in [0.4, 0.5) is 0 Å². The van der Waals surface area contributed by atoms with Gasteiger partial charge in [-0.3, -0.25) is 0 Å². The van der Waals surface area contributed by atoms with Crippen LogP contribution in [0.15, 0.2) is 37.4 Å². The van der Waals surface area contributed by atoms with Gasteiger partial charge in [0.15, 0.2) is 0 Å². The largest absolute Gasteiger partial charge is 0.347 e. The summed E-state index contributed by atoms with van der Waals surface area (Å²) in [5, 5.41) is 0. The van der Waals surface area contributed by atoms with E-state index in [1.165, 1.54) is 18.4 Å². The summed E-state index contributed by atoms with van der Waals surface area (Å²) in [6, 6.07) is 6.43. The van der Waals surface area contributed by atoms with E-state index >= 15 is 0 Å². The molecular weight excluding hydrogens is 326 g/mol. The monoisotopic (exact) mass is 331 g/mol. The van der Waals surface area contributed by atoms with Crippen LogP contribution in [-0.4, -0.2) is 18.9 Å². The summed E-state index contributed by atoms with van der Waals surface area (Å²) in [7, 11) is -2.23. The maximum atomic E-state index is 11.9. The van der Waals surface area contributed by atoms with Gasteiger partial charge in [-0.1, -0.05) is 25.8 Å². The van der Waals surface area contributed by atoms with Crippen LogP contribution in [-0.2, 0) is 19.0 Å². The molecule has 0 amide bonds. The summed E-state index contributed by atoms with van der Waals surface area (Å²) in [6.07, 6.45) is 1.22. The van der Waals surface area contributed by atoms with Crippen LogP contribution in [0.25, 0.3) is 0 Å². The molecule has 0 N–H and O–H groups in total. The maximum Gasteiger partial charge on any atom is 0.347 e. The van der Waals surface area contributed by atoms with E-state index in [-0.39, 0.29) is 0 Å². The molecule has 0 aromatic heterocycles. The van der Waals surface area contributed by atoms with E-state index in [2.05, 4.69) is 19.7 Å². The molecule has 0 saturated carbocycles. The van der Waals surface area contributed by atoms with E-state index in [4.69, 9.17) is 10.7 Å². The molecule has 0 heterocycles. The summed E-state index contributed by atoms with van der Waals surface area (Å²) in [4.78, 5) is 0.307. The van der Waals surface area contributed by atoms with Crippen molar-refractivity contribution in [3.63, 3.8) is 0 Å². The predicted molar refractivity (Wildman–Crippen MR) is 63.7 cm³/mol. The van der Waals surface area contributed by atoms with E-state index in [0.29, 0.717) is 9.37 Å². The van der Waals surface area contributed by atoms with Crippen LogP contribution in [0.1, 0.15) is 0 Å². The van der Waals surface area contributed by atoms with E-state index in [0.717, 1.165) is 0 Å². The molecule has 1 aromatic carbocycles. The summed E-state index contributed by atoms with van der Waals surface area (Å²) in [5.74, 6) is 0. The molecule has 0 saturated heterocycles. The lowest BCUT2D eigenvalue weighted by Gasteiger charge is -2.02. The second kappa shape index (κ2) is 4.40. The van der Waals surface area contributed by atoms with Crippen LogP contribution in [0.3, 0.4) is 0 Å². The Morgan fingerprint density at radius 3 is 2.40 bits per heavy atom. The second-order valence-corrected chi connectivity index (χ2v) is 8.33. The zero-order valence-electron chi connectivity index (χ0n) is 7.55. The Hall–Kier alpha value is -0.110. The molecule has 0 spiro atoms. The van der Waals surface area contributed by atoms with Crippen molar-refractivity contribution in [1.82, 2.24) is 0 Å². The van der Waals surface area contributed by atoms with Gasteiger partial charge in [0.25, 0.3) is 0 Å². The number of halogens is 2. The topological polar surface area (TPSA) is 63.6 Å². The van der Waals surface area contributed by atoms with Crippen molar-refractivity contribution in [2.24, 2.45) is 3.77 Å². The Balaban J connectivity index is 3.43. The first-order valence-electron chi connectivity index (χ1n) is 3.64. The molecule has 0 fully saturated rings. The minimum atomic E-state index is -4.14. The van der Waals surface area contributed by atoms with Gasteiger partial charge in [-0.05, 0) is 18.2 Å². The van der Waals surface area contributed by atoms with Crippen molar-refractivity contribution >= 4 is 45.6 Å². The van der Waals surface area contributed by atoms with Crippen LogP contribution in [0.5, 0.6) is 0 Å². The van der Waals surface area contributed by atoms with Crippen LogP contribution in [0.2, 0.25) is 0 Å². The van der Waals surface area contributed by atoms with Crippen LogP contribution in [0, 0.1) is 0 Å². The van der Waals surface area contributed by atoms with Crippen molar-refractivity contribution in [3.8, 4) is 0 Å². The molecule has 0 radical (unpaired) electrons. The van der Waals surface area contributed by atoms with Crippen LogP contribution < -0.4 is 0 Å². The van der Waals surface area contributed by atoms with Crippen LogP contribution >= 0.6 is 26.6 Å². The molecule has 0 aliphatic carbocycles. The highest BCUT2D eigenvalue weighted by atomic mass is 79.9. The Morgan fingerprint density at radius 2 is 1.93 bits per heavy atom. The highest BCUT2D eigenvalue weighted by molar-refractivity contribution is 9.10. The van der Waals surface area contributed by atoms with Gasteiger partial charge in [0.1, 0.15) is 0 Å². The first kappa shape index (κ1) is 13.0. The molecular formula is C7H7BrClNO3S2. The third-order valence-corrected chi connectivity index (χ3v) is 5.44. The van der Waals surface area contributed by atoms with E-state index in [1.807, 2.05) is 0 Å². The molecule has 0 bridgehead atoms. The minimum Gasteiger partial charge on any atom is -0.244 e. The van der Waals surface area contributed by atoms with E-state index < -0.39 is 19.0 Å². The standard InChI is InChI=1S/C7H7BrClNO3S2/c1-14(11,10-15(9,12)13)7-4-2-3-6(8)5-7/h2-5H,1H3. The quantitative estimate of drug-likeness (QED) is 0.781. The van der Waals surface area contributed by atoms with Gasteiger partial charge in [-0.15, -0.1) is 0 Å². The number of nitrogens with zero attached hydrogens (tertiary/aromatic N) is 1. The fraction of sp³-hybridized carbons (Fsp3) is 0.143. The van der Waals surface area contributed by atoms with Gasteiger partial charge in [0.05, 0.1) is 9.73 Å². The lowest BCUT2D eigenvalue weighted by Crippen LogP contribution is -2.00. The first-order valence-corrected chi connectivity index (χ1v) is 8.62. The highest BCUT2D eigenvalue weighted by Crippen LogP contribution is 2.19. The van der Waals surface area contributed by atoms with Gasteiger partial charge < -0.3 is 0 Å². The van der Waals surface area contributed by atoms with E-state index in [1.54, 1.807) is 12.1 Å². The molecule has 1 aromatic rings. The summed E-state index contributed by atoms with van der Waals surface area (Å²) in [5.41, 5.74) is 0. The molecule has 1 rings (SSSR count). The molecule has 1 unspecified atom stereocenters. The van der Waals surface area contributed by atoms with Crippen molar-refractivity contribution in [1.29, 1.82) is 0 Å². The minimum absolute atomic E-state index is 0.307. The normalized spacial score (nSPS) is 15.7. The van der Waals surface area contributed by atoms with Crippen molar-refractivity contribution in [2.45, 2.75) is 4.90 Å². The predicted octanol–water partition coefficient (Wildman–Crippen LogP) is 2.39. The molecule has 8 heteroatoms. The first-order chi connectivity index (χ1) is 6.71.